The number of rotatable bonds is 5. The Hall–Kier alpha value is -1.21. The van der Waals surface area contributed by atoms with Gasteiger partial charge in [0.15, 0.2) is 5.96 Å². The van der Waals surface area contributed by atoms with Gasteiger partial charge < -0.3 is 9.80 Å². The highest BCUT2D eigenvalue weighted by Crippen LogP contribution is 2.27. The SMILES string of the molecule is I.c1ccc(CN2CCN=C2N2CCC(CSc3ccccc3)C2)cc1. The van der Waals surface area contributed by atoms with Crippen LogP contribution in [0.1, 0.15) is 12.0 Å². The largest absolute Gasteiger partial charge is 0.343 e. The van der Waals surface area contributed by atoms with Crippen LogP contribution in [-0.4, -0.2) is 47.7 Å². The summed E-state index contributed by atoms with van der Waals surface area (Å²) in [5.41, 5.74) is 1.37. The average Bonchev–Trinajstić information content (AvgIpc) is 3.31. The molecule has 0 aliphatic carbocycles. The quantitative estimate of drug-likeness (QED) is 0.462. The number of halogens is 1. The highest BCUT2D eigenvalue weighted by atomic mass is 127. The third-order valence-electron chi connectivity index (χ3n) is 4.92. The first-order valence-electron chi connectivity index (χ1n) is 9.14. The van der Waals surface area contributed by atoms with Gasteiger partial charge in [0.1, 0.15) is 0 Å². The van der Waals surface area contributed by atoms with Crippen molar-refractivity contribution in [1.82, 2.24) is 9.80 Å². The van der Waals surface area contributed by atoms with Crippen molar-refractivity contribution in [2.45, 2.75) is 17.9 Å². The van der Waals surface area contributed by atoms with Crippen LogP contribution in [0.4, 0.5) is 0 Å². The predicted molar refractivity (Wildman–Crippen MR) is 121 cm³/mol. The minimum atomic E-state index is 0. The van der Waals surface area contributed by atoms with E-state index in [1.165, 1.54) is 28.6 Å². The molecule has 0 radical (unpaired) electrons. The normalized spacial score (nSPS) is 19.4. The molecule has 2 aromatic rings. The monoisotopic (exact) mass is 479 g/mol. The van der Waals surface area contributed by atoms with Crippen molar-refractivity contribution in [2.24, 2.45) is 10.9 Å². The van der Waals surface area contributed by atoms with Gasteiger partial charge in [-0.05, 0) is 30.0 Å². The fourth-order valence-electron chi connectivity index (χ4n) is 3.61. The van der Waals surface area contributed by atoms with Gasteiger partial charge in [-0.3, -0.25) is 4.99 Å². The molecule has 5 heteroatoms. The Morgan fingerprint density at radius 3 is 2.46 bits per heavy atom. The van der Waals surface area contributed by atoms with E-state index in [0.717, 1.165) is 38.6 Å². The average molecular weight is 479 g/mol. The molecule has 0 spiro atoms. The Morgan fingerprint density at radius 2 is 1.69 bits per heavy atom. The van der Waals surface area contributed by atoms with Gasteiger partial charge in [-0.2, -0.15) is 0 Å². The van der Waals surface area contributed by atoms with E-state index in [9.17, 15) is 0 Å². The van der Waals surface area contributed by atoms with Crippen LogP contribution < -0.4 is 0 Å². The number of benzene rings is 2. The molecule has 3 nitrogen and oxygen atoms in total. The smallest absolute Gasteiger partial charge is 0.197 e. The first-order valence-corrected chi connectivity index (χ1v) is 10.1. The van der Waals surface area contributed by atoms with E-state index in [4.69, 9.17) is 4.99 Å². The maximum absolute atomic E-state index is 4.81. The second-order valence-electron chi connectivity index (χ2n) is 6.81. The summed E-state index contributed by atoms with van der Waals surface area (Å²) < 4.78 is 0. The lowest BCUT2D eigenvalue weighted by atomic mass is 10.2. The molecule has 1 fully saturated rings. The summed E-state index contributed by atoms with van der Waals surface area (Å²) in [5.74, 6) is 3.18. The van der Waals surface area contributed by atoms with Gasteiger partial charge in [-0.1, -0.05) is 48.5 Å². The molecule has 0 bridgehead atoms. The van der Waals surface area contributed by atoms with Crippen molar-refractivity contribution in [2.75, 3.05) is 31.9 Å². The maximum Gasteiger partial charge on any atom is 0.197 e. The van der Waals surface area contributed by atoms with Crippen molar-refractivity contribution < 1.29 is 0 Å². The molecule has 1 atom stereocenters. The van der Waals surface area contributed by atoms with Gasteiger partial charge in [-0.15, -0.1) is 35.7 Å². The summed E-state index contributed by atoms with van der Waals surface area (Å²) in [6.07, 6.45) is 1.28. The highest BCUT2D eigenvalue weighted by Gasteiger charge is 2.29. The molecule has 0 aromatic heterocycles. The molecule has 26 heavy (non-hydrogen) atoms. The Kier molecular flexibility index (Phi) is 7.25. The van der Waals surface area contributed by atoms with Gasteiger partial charge in [0, 0.05) is 36.8 Å². The lowest BCUT2D eigenvalue weighted by Crippen LogP contribution is -2.40. The molecule has 2 aliphatic rings. The van der Waals surface area contributed by atoms with E-state index in [1.54, 1.807) is 0 Å². The minimum absolute atomic E-state index is 0. The zero-order valence-electron chi connectivity index (χ0n) is 15.0. The lowest BCUT2D eigenvalue weighted by molar-refractivity contribution is 0.367. The number of aliphatic imine (C=N–C) groups is 1. The van der Waals surface area contributed by atoms with Crippen molar-refractivity contribution in [3.05, 3.63) is 66.2 Å². The number of likely N-dealkylation sites (tertiary alicyclic amines) is 1. The Balaban J connectivity index is 0.00000196. The first-order chi connectivity index (χ1) is 12.4. The summed E-state index contributed by atoms with van der Waals surface area (Å²) in [4.78, 5) is 11.1. The predicted octanol–water partition coefficient (Wildman–Crippen LogP) is 4.59. The van der Waals surface area contributed by atoms with E-state index in [2.05, 4.69) is 70.5 Å². The van der Waals surface area contributed by atoms with E-state index in [-0.39, 0.29) is 24.0 Å². The molecule has 0 saturated carbocycles. The molecular formula is C21H26IN3S. The fraction of sp³-hybridized carbons (Fsp3) is 0.381. The first kappa shape index (κ1) is 19.5. The molecule has 2 aliphatic heterocycles. The van der Waals surface area contributed by atoms with E-state index in [1.807, 2.05) is 11.8 Å². The molecule has 4 rings (SSSR count). The Labute approximate surface area is 177 Å². The Morgan fingerprint density at radius 1 is 0.962 bits per heavy atom. The van der Waals surface area contributed by atoms with Crippen molar-refractivity contribution in [1.29, 1.82) is 0 Å². The van der Waals surface area contributed by atoms with Crippen LogP contribution in [0.2, 0.25) is 0 Å². The van der Waals surface area contributed by atoms with Crippen LogP contribution in [0, 0.1) is 5.92 Å². The fourth-order valence-corrected chi connectivity index (χ4v) is 4.66. The van der Waals surface area contributed by atoms with Crippen molar-refractivity contribution in [3.63, 3.8) is 0 Å². The second kappa shape index (κ2) is 9.65. The minimum Gasteiger partial charge on any atom is -0.343 e. The summed E-state index contributed by atoms with van der Waals surface area (Å²) in [5, 5.41) is 0. The third kappa shape index (κ3) is 4.94. The molecule has 138 valence electrons. The molecule has 0 N–H and O–H groups in total. The van der Waals surface area contributed by atoms with Crippen LogP contribution in [0.15, 0.2) is 70.6 Å². The van der Waals surface area contributed by atoms with Crippen LogP contribution in [0.25, 0.3) is 0 Å². The third-order valence-corrected chi connectivity index (χ3v) is 6.16. The molecule has 2 heterocycles. The molecule has 1 unspecified atom stereocenters. The molecule has 0 amide bonds. The second-order valence-corrected chi connectivity index (χ2v) is 7.91. The number of nitrogens with zero attached hydrogens (tertiary/aromatic N) is 3. The van der Waals surface area contributed by atoms with Crippen molar-refractivity contribution in [3.8, 4) is 0 Å². The zero-order chi connectivity index (χ0) is 16.9. The van der Waals surface area contributed by atoms with Crippen LogP contribution in [0.3, 0.4) is 0 Å². The summed E-state index contributed by atoms with van der Waals surface area (Å²) in [6.45, 7) is 5.24. The molecule has 1 saturated heterocycles. The van der Waals surface area contributed by atoms with Gasteiger partial charge in [0.05, 0.1) is 6.54 Å². The lowest BCUT2D eigenvalue weighted by Gasteiger charge is -2.28. The number of guanidine groups is 1. The van der Waals surface area contributed by atoms with Gasteiger partial charge in [0.25, 0.3) is 0 Å². The van der Waals surface area contributed by atoms with Gasteiger partial charge in [0.2, 0.25) is 0 Å². The van der Waals surface area contributed by atoms with Gasteiger partial charge >= 0.3 is 0 Å². The van der Waals surface area contributed by atoms with Crippen molar-refractivity contribution >= 4 is 41.7 Å². The molecular weight excluding hydrogens is 453 g/mol. The number of hydrogen-bond acceptors (Lipinski definition) is 4. The van der Waals surface area contributed by atoms with E-state index >= 15 is 0 Å². The standard InChI is InChI=1S/C21H25N3S.HI/c1-3-7-18(8-4-1)15-24-14-12-22-21(24)23-13-11-19(16-23)17-25-20-9-5-2-6-10-20;/h1-10,19H,11-17H2;1H. The summed E-state index contributed by atoms with van der Waals surface area (Å²) >= 11 is 1.99. The highest BCUT2D eigenvalue weighted by molar-refractivity contribution is 14.0. The number of hydrogen-bond donors (Lipinski definition) is 0. The van der Waals surface area contributed by atoms with E-state index in [0.29, 0.717) is 0 Å². The number of thioether (sulfide) groups is 1. The Bertz CT molecular complexity index is 708. The topological polar surface area (TPSA) is 18.8 Å². The van der Waals surface area contributed by atoms with Crippen LogP contribution in [-0.2, 0) is 6.54 Å². The van der Waals surface area contributed by atoms with Crippen LogP contribution in [0.5, 0.6) is 0 Å². The van der Waals surface area contributed by atoms with Gasteiger partial charge in [-0.25, -0.2) is 0 Å². The van der Waals surface area contributed by atoms with Crippen LogP contribution >= 0.6 is 35.7 Å². The summed E-state index contributed by atoms with van der Waals surface area (Å²) in [6, 6.07) is 21.5. The summed E-state index contributed by atoms with van der Waals surface area (Å²) in [7, 11) is 0. The zero-order valence-corrected chi connectivity index (χ0v) is 18.1. The maximum atomic E-state index is 4.81. The van der Waals surface area contributed by atoms with E-state index < -0.39 is 0 Å². The molecule has 2 aromatic carbocycles.